The van der Waals surface area contributed by atoms with Crippen molar-refractivity contribution in [3.63, 3.8) is 0 Å². The molecule has 3 unspecified atom stereocenters. The Bertz CT molecular complexity index is 318. The predicted octanol–water partition coefficient (Wildman–Crippen LogP) is 1.91. The van der Waals surface area contributed by atoms with E-state index in [2.05, 4.69) is 30.5 Å². The van der Waals surface area contributed by atoms with Gasteiger partial charge >= 0.3 is 0 Å². The lowest BCUT2D eigenvalue weighted by Crippen LogP contribution is -2.34. The molecule has 1 heterocycles. The van der Waals surface area contributed by atoms with E-state index >= 15 is 0 Å². The van der Waals surface area contributed by atoms with Crippen molar-refractivity contribution in [2.24, 2.45) is 13.0 Å². The maximum Gasteiger partial charge on any atom is 0.0658 e. The summed E-state index contributed by atoms with van der Waals surface area (Å²) in [6.45, 7) is 2.35. The maximum absolute atomic E-state index is 4.54. The highest BCUT2D eigenvalue weighted by molar-refractivity contribution is 5.10. The zero-order valence-corrected chi connectivity index (χ0v) is 9.90. The highest BCUT2D eigenvalue weighted by Crippen LogP contribution is 2.36. The molecule has 1 N–H and O–H groups in total. The van der Waals surface area contributed by atoms with Gasteiger partial charge in [0.25, 0.3) is 0 Å². The Balaban J connectivity index is 2.12. The molecule has 0 radical (unpaired) electrons. The number of rotatable bonds is 2. The van der Waals surface area contributed by atoms with Crippen LogP contribution in [0, 0.1) is 5.92 Å². The molecule has 1 aliphatic rings. The topological polar surface area (TPSA) is 29.9 Å². The van der Waals surface area contributed by atoms with Gasteiger partial charge in [0, 0.05) is 25.2 Å². The van der Waals surface area contributed by atoms with Crippen LogP contribution in [0.4, 0.5) is 0 Å². The fourth-order valence-corrected chi connectivity index (χ4v) is 2.63. The number of nitrogens with zero attached hydrogens (tertiary/aromatic N) is 2. The van der Waals surface area contributed by atoms with E-state index in [4.69, 9.17) is 0 Å². The summed E-state index contributed by atoms with van der Waals surface area (Å²) in [7, 11) is 4.06. The van der Waals surface area contributed by atoms with Gasteiger partial charge < -0.3 is 5.32 Å². The fraction of sp³-hybridized carbons (Fsp3) is 0.750. The molecule has 3 atom stereocenters. The van der Waals surface area contributed by atoms with Crippen LogP contribution >= 0.6 is 0 Å². The number of aryl methyl sites for hydroxylation is 1. The quantitative estimate of drug-likeness (QED) is 0.803. The first-order valence-electron chi connectivity index (χ1n) is 5.87. The number of hydrogen-bond donors (Lipinski definition) is 1. The van der Waals surface area contributed by atoms with Crippen LogP contribution in [0.15, 0.2) is 12.3 Å². The van der Waals surface area contributed by atoms with Crippen LogP contribution in [0.3, 0.4) is 0 Å². The summed E-state index contributed by atoms with van der Waals surface area (Å²) >= 11 is 0. The molecule has 0 aliphatic heterocycles. The molecule has 1 saturated carbocycles. The average Bonchev–Trinajstić information content (AvgIpc) is 2.65. The normalized spacial score (nSPS) is 31.8. The lowest BCUT2D eigenvalue weighted by molar-refractivity contribution is 0.272. The molecule has 0 saturated heterocycles. The zero-order chi connectivity index (χ0) is 10.8. The van der Waals surface area contributed by atoms with Gasteiger partial charge in [0.05, 0.1) is 5.69 Å². The number of hydrogen-bond acceptors (Lipinski definition) is 2. The maximum atomic E-state index is 4.54. The van der Waals surface area contributed by atoms with E-state index in [9.17, 15) is 0 Å². The first-order valence-corrected chi connectivity index (χ1v) is 5.87. The highest BCUT2D eigenvalue weighted by atomic mass is 15.2. The summed E-state index contributed by atoms with van der Waals surface area (Å²) in [5.41, 5.74) is 1.27. The van der Waals surface area contributed by atoms with Gasteiger partial charge in [-0.3, -0.25) is 4.68 Å². The second-order valence-corrected chi connectivity index (χ2v) is 4.80. The molecule has 84 valence electrons. The third kappa shape index (κ3) is 2.23. The van der Waals surface area contributed by atoms with Crippen molar-refractivity contribution in [1.82, 2.24) is 15.1 Å². The van der Waals surface area contributed by atoms with Gasteiger partial charge in [0.1, 0.15) is 0 Å². The van der Waals surface area contributed by atoms with Crippen LogP contribution in [0.5, 0.6) is 0 Å². The Kier molecular flexibility index (Phi) is 3.10. The second-order valence-electron chi connectivity index (χ2n) is 4.80. The summed E-state index contributed by atoms with van der Waals surface area (Å²) in [6, 6.07) is 2.84. The zero-order valence-electron chi connectivity index (χ0n) is 9.90. The molecular formula is C12H21N3. The van der Waals surface area contributed by atoms with Gasteiger partial charge in [-0.15, -0.1) is 0 Å². The Morgan fingerprint density at radius 2 is 2.27 bits per heavy atom. The molecule has 1 aliphatic carbocycles. The largest absolute Gasteiger partial charge is 0.317 e. The van der Waals surface area contributed by atoms with E-state index in [1.165, 1.54) is 25.0 Å². The summed E-state index contributed by atoms with van der Waals surface area (Å²) in [5, 5.41) is 7.94. The number of nitrogens with one attached hydrogen (secondary N) is 1. The molecule has 15 heavy (non-hydrogen) atoms. The van der Waals surface area contributed by atoms with Gasteiger partial charge in [0.2, 0.25) is 0 Å². The molecule has 1 aromatic rings. The summed E-state index contributed by atoms with van der Waals surface area (Å²) < 4.78 is 1.91. The lowest BCUT2D eigenvalue weighted by atomic mass is 9.76. The molecular weight excluding hydrogens is 186 g/mol. The summed E-state index contributed by atoms with van der Waals surface area (Å²) in [4.78, 5) is 0. The molecule has 2 rings (SSSR count). The Labute approximate surface area is 91.9 Å². The van der Waals surface area contributed by atoms with Crippen molar-refractivity contribution in [3.05, 3.63) is 18.0 Å². The van der Waals surface area contributed by atoms with Gasteiger partial charge in [0.15, 0.2) is 0 Å². The molecule has 3 heteroatoms. The van der Waals surface area contributed by atoms with Crippen LogP contribution in [-0.2, 0) is 7.05 Å². The molecule has 0 spiro atoms. The summed E-state index contributed by atoms with van der Waals surface area (Å²) in [6.07, 6.45) is 5.90. The Morgan fingerprint density at radius 1 is 1.47 bits per heavy atom. The van der Waals surface area contributed by atoms with Crippen LogP contribution in [0.1, 0.15) is 37.8 Å². The van der Waals surface area contributed by atoms with E-state index in [-0.39, 0.29) is 0 Å². The van der Waals surface area contributed by atoms with Crippen molar-refractivity contribution in [2.45, 2.75) is 38.1 Å². The second kappa shape index (κ2) is 4.35. The monoisotopic (exact) mass is 207 g/mol. The van der Waals surface area contributed by atoms with Gasteiger partial charge in [-0.25, -0.2) is 0 Å². The third-order valence-corrected chi connectivity index (χ3v) is 3.72. The molecule has 0 aromatic carbocycles. The first kappa shape index (κ1) is 10.7. The van der Waals surface area contributed by atoms with E-state index in [0.717, 1.165) is 5.92 Å². The molecule has 0 amide bonds. The van der Waals surface area contributed by atoms with Crippen molar-refractivity contribution in [1.29, 1.82) is 0 Å². The van der Waals surface area contributed by atoms with E-state index in [0.29, 0.717) is 12.0 Å². The van der Waals surface area contributed by atoms with Crippen LogP contribution in [-0.4, -0.2) is 22.9 Å². The SMILES string of the molecule is CNC1CCC(C)C(c2ccn(C)n2)C1. The average molecular weight is 207 g/mol. The molecule has 1 fully saturated rings. The van der Waals surface area contributed by atoms with Gasteiger partial charge in [-0.2, -0.15) is 5.10 Å². The molecule has 3 nitrogen and oxygen atoms in total. The van der Waals surface area contributed by atoms with E-state index in [1.807, 2.05) is 17.9 Å². The Morgan fingerprint density at radius 3 is 2.87 bits per heavy atom. The van der Waals surface area contributed by atoms with Crippen LogP contribution in [0.2, 0.25) is 0 Å². The minimum atomic E-state index is 0.636. The van der Waals surface area contributed by atoms with Crippen LogP contribution in [0.25, 0.3) is 0 Å². The molecule has 1 aromatic heterocycles. The molecule has 0 bridgehead atoms. The third-order valence-electron chi connectivity index (χ3n) is 3.72. The highest BCUT2D eigenvalue weighted by Gasteiger charge is 2.29. The van der Waals surface area contributed by atoms with Crippen molar-refractivity contribution >= 4 is 0 Å². The minimum absolute atomic E-state index is 0.636. The van der Waals surface area contributed by atoms with Crippen molar-refractivity contribution in [3.8, 4) is 0 Å². The van der Waals surface area contributed by atoms with E-state index in [1.54, 1.807) is 0 Å². The predicted molar refractivity (Wildman–Crippen MR) is 61.8 cm³/mol. The first-order chi connectivity index (χ1) is 7.20. The van der Waals surface area contributed by atoms with Crippen molar-refractivity contribution in [2.75, 3.05) is 7.05 Å². The summed E-state index contributed by atoms with van der Waals surface area (Å²) in [5.74, 6) is 1.40. The fourth-order valence-electron chi connectivity index (χ4n) is 2.63. The number of aromatic nitrogens is 2. The van der Waals surface area contributed by atoms with E-state index < -0.39 is 0 Å². The van der Waals surface area contributed by atoms with Crippen molar-refractivity contribution < 1.29 is 0 Å². The minimum Gasteiger partial charge on any atom is -0.317 e. The van der Waals surface area contributed by atoms with Gasteiger partial charge in [-0.05, 0) is 38.3 Å². The Hall–Kier alpha value is -0.830. The lowest BCUT2D eigenvalue weighted by Gasteiger charge is -2.33. The smallest absolute Gasteiger partial charge is 0.0658 e. The standard InChI is InChI=1S/C12H21N3/c1-9-4-5-10(13-2)8-11(9)12-6-7-15(3)14-12/h6-7,9-11,13H,4-5,8H2,1-3H3. The van der Waals surface area contributed by atoms with Gasteiger partial charge in [-0.1, -0.05) is 6.92 Å². The van der Waals surface area contributed by atoms with Crippen LogP contribution < -0.4 is 5.32 Å².